The van der Waals surface area contributed by atoms with Crippen LogP contribution in [0.25, 0.3) is 0 Å². The molecule has 0 aliphatic rings. The van der Waals surface area contributed by atoms with Gasteiger partial charge in [-0.3, -0.25) is 4.79 Å². The second-order valence-corrected chi connectivity index (χ2v) is 7.64. The quantitative estimate of drug-likeness (QED) is 0.744. The van der Waals surface area contributed by atoms with Crippen LogP contribution in [0.4, 0.5) is 18.9 Å². The lowest BCUT2D eigenvalue weighted by Crippen LogP contribution is -2.33. The van der Waals surface area contributed by atoms with E-state index in [0.717, 1.165) is 30.5 Å². The molecule has 0 fully saturated rings. The van der Waals surface area contributed by atoms with E-state index in [2.05, 4.69) is 12.2 Å². The first-order valence-corrected chi connectivity index (χ1v) is 9.66. The van der Waals surface area contributed by atoms with E-state index in [0.29, 0.717) is 5.69 Å². The second-order valence-electron chi connectivity index (χ2n) is 5.87. The summed E-state index contributed by atoms with van der Waals surface area (Å²) in [6, 6.07) is 12.0. The first kappa shape index (κ1) is 20.9. The van der Waals surface area contributed by atoms with Gasteiger partial charge in [0.1, 0.15) is 6.54 Å². The fourth-order valence-electron chi connectivity index (χ4n) is 2.31. The Morgan fingerprint density at radius 1 is 1.07 bits per heavy atom. The molecule has 5 nitrogen and oxygen atoms in total. The SMILES string of the molecule is CCCc1ccc(NC(=O)c2cccc(S(=O)(=O)NCC(F)(F)F)c2)cc1. The molecule has 0 spiro atoms. The lowest BCUT2D eigenvalue weighted by atomic mass is 10.1. The molecule has 0 saturated carbocycles. The fourth-order valence-corrected chi connectivity index (χ4v) is 3.37. The summed E-state index contributed by atoms with van der Waals surface area (Å²) >= 11 is 0. The number of carbonyl (C=O) groups excluding carboxylic acids is 1. The summed E-state index contributed by atoms with van der Waals surface area (Å²) in [5.74, 6) is -0.564. The van der Waals surface area contributed by atoms with Crippen molar-refractivity contribution in [3.63, 3.8) is 0 Å². The maximum atomic E-state index is 12.3. The number of aryl methyl sites for hydroxylation is 1. The summed E-state index contributed by atoms with van der Waals surface area (Å²) in [5, 5.41) is 2.63. The molecule has 1 amide bonds. The molecule has 27 heavy (non-hydrogen) atoms. The Hall–Kier alpha value is -2.39. The Morgan fingerprint density at radius 2 is 1.74 bits per heavy atom. The summed E-state index contributed by atoms with van der Waals surface area (Å²) in [5.41, 5.74) is 1.67. The Balaban J connectivity index is 2.12. The van der Waals surface area contributed by atoms with Gasteiger partial charge in [0.05, 0.1) is 4.90 Å². The van der Waals surface area contributed by atoms with Crippen LogP contribution in [0.3, 0.4) is 0 Å². The number of anilines is 1. The van der Waals surface area contributed by atoms with Crippen molar-refractivity contribution in [2.45, 2.75) is 30.8 Å². The Kier molecular flexibility index (Phi) is 6.61. The molecule has 146 valence electrons. The summed E-state index contributed by atoms with van der Waals surface area (Å²) in [4.78, 5) is 11.9. The molecule has 0 atom stereocenters. The van der Waals surface area contributed by atoms with Crippen LogP contribution in [0.5, 0.6) is 0 Å². The lowest BCUT2D eigenvalue weighted by Gasteiger charge is -2.11. The molecule has 2 N–H and O–H groups in total. The van der Waals surface area contributed by atoms with E-state index >= 15 is 0 Å². The largest absolute Gasteiger partial charge is 0.402 e. The van der Waals surface area contributed by atoms with Crippen molar-refractivity contribution in [2.24, 2.45) is 0 Å². The molecule has 0 unspecified atom stereocenters. The maximum Gasteiger partial charge on any atom is 0.402 e. The third-order valence-electron chi connectivity index (χ3n) is 3.62. The zero-order valence-corrected chi connectivity index (χ0v) is 15.3. The highest BCUT2D eigenvalue weighted by molar-refractivity contribution is 7.89. The zero-order chi connectivity index (χ0) is 20.1. The van der Waals surface area contributed by atoms with Gasteiger partial charge in [0, 0.05) is 11.3 Å². The number of alkyl halides is 3. The maximum absolute atomic E-state index is 12.3. The summed E-state index contributed by atoms with van der Waals surface area (Å²) in [6.07, 6.45) is -2.76. The normalized spacial score (nSPS) is 12.0. The van der Waals surface area contributed by atoms with E-state index in [1.165, 1.54) is 16.9 Å². The summed E-state index contributed by atoms with van der Waals surface area (Å²) in [6.45, 7) is 0.371. The smallest absolute Gasteiger partial charge is 0.322 e. The zero-order valence-electron chi connectivity index (χ0n) is 14.5. The van der Waals surface area contributed by atoms with Crippen LogP contribution in [0.1, 0.15) is 29.3 Å². The number of sulfonamides is 1. The standard InChI is InChI=1S/C18H19F3N2O3S/c1-2-4-13-7-9-15(10-8-13)23-17(24)14-5-3-6-16(11-14)27(25,26)22-12-18(19,20)21/h3,5-11,22H,2,4,12H2,1H3,(H,23,24). The number of halogens is 3. The highest BCUT2D eigenvalue weighted by Gasteiger charge is 2.30. The third-order valence-corrected chi connectivity index (χ3v) is 5.02. The van der Waals surface area contributed by atoms with Crippen molar-refractivity contribution in [1.29, 1.82) is 0 Å². The van der Waals surface area contributed by atoms with Gasteiger partial charge in [-0.1, -0.05) is 31.5 Å². The summed E-state index contributed by atoms with van der Waals surface area (Å²) in [7, 11) is -4.38. The third kappa shape index (κ3) is 6.37. The van der Waals surface area contributed by atoms with Crippen LogP contribution in [-0.4, -0.2) is 27.0 Å². The minimum Gasteiger partial charge on any atom is -0.322 e. The van der Waals surface area contributed by atoms with Gasteiger partial charge >= 0.3 is 6.18 Å². The molecule has 0 saturated heterocycles. The van der Waals surface area contributed by atoms with Crippen molar-refractivity contribution in [3.8, 4) is 0 Å². The van der Waals surface area contributed by atoms with Crippen LogP contribution >= 0.6 is 0 Å². The van der Waals surface area contributed by atoms with Crippen LogP contribution < -0.4 is 10.0 Å². The molecule has 2 aromatic rings. The Labute approximate surface area is 155 Å². The molecule has 0 radical (unpaired) electrons. The van der Waals surface area contributed by atoms with E-state index in [-0.39, 0.29) is 5.56 Å². The number of amides is 1. The van der Waals surface area contributed by atoms with Gasteiger partial charge in [-0.2, -0.15) is 13.2 Å². The summed E-state index contributed by atoms with van der Waals surface area (Å²) < 4.78 is 62.1. The highest BCUT2D eigenvalue weighted by atomic mass is 32.2. The van der Waals surface area contributed by atoms with Crippen LogP contribution in [-0.2, 0) is 16.4 Å². The fraction of sp³-hybridized carbons (Fsp3) is 0.278. The van der Waals surface area contributed by atoms with Crippen molar-refractivity contribution in [2.75, 3.05) is 11.9 Å². The van der Waals surface area contributed by atoms with Gasteiger partial charge in [-0.15, -0.1) is 0 Å². The van der Waals surface area contributed by atoms with Gasteiger partial charge in [0.15, 0.2) is 0 Å². The molecular weight excluding hydrogens is 381 g/mol. The highest BCUT2D eigenvalue weighted by Crippen LogP contribution is 2.17. The molecule has 0 aliphatic carbocycles. The van der Waals surface area contributed by atoms with Crippen LogP contribution in [0.15, 0.2) is 53.4 Å². The minimum atomic E-state index is -4.67. The van der Waals surface area contributed by atoms with Gasteiger partial charge in [-0.05, 0) is 42.3 Å². The van der Waals surface area contributed by atoms with Crippen molar-refractivity contribution >= 4 is 21.6 Å². The van der Waals surface area contributed by atoms with E-state index in [4.69, 9.17) is 0 Å². The Bertz CT molecular complexity index is 895. The number of benzene rings is 2. The molecule has 2 aromatic carbocycles. The first-order valence-electron chi connectivity index (χ1n) is 8.17. The number of carbonyl (C=O) groups is 1. The second kappa shape index (κ2) is 8.53. The van der Waals surface area contributed by atoms with Gasteiger partial charge < -0.3 is 5.32 Å². The molecule has 9 heteroatoms. The van der Waals surface area contributed by atoms with Crippen molar-refractivity contribution in [3.05, 3.63) is 59.7 Å². The molecule has 0 bridgehead atoms. The van der Waals surface area contributed by atoms with E-state index in [9.17, 15) is 26.4 Å². The molecular formula is C18H19F3N2O3S. The number of hydrogen-bond donors (Lipinski definition) is 2. The van der Waals surface area contributed by atoms with E-state index in [1.54, 1.807) is 12.1 Å². The van der Waals surface area contributed by atoms with Gasteiger partial charge in [-0.25, -0.2) is 13.1 Å². The predicted molar refractivity (Wildman–Crippen MR) is 96.1 cm³/mol. The Morgan fingerprint density at radius 3 is 2.33 bits per heavy atom. The minimum absolute atomic E-state index is 0.0162. The number of nitrogens with one attached hydrogen (secondary N) is 2. The van der Waals surface area contributed by atoms with E-state index < -0.39 is 33.5 Å². The molecule has 0 heterocycles. The van der Waals surface area contributed by atoms with E-state index in [1.807, 2.05) is 12.1 Å². The first-order chi connectivity index (χ1) is 12.6. The molecule has 0 aromatic heterocycles. The van der Waals surface area contributed by atoms with Crippen molar-refractivity contribution in [1.82, 2.24) is 4.72 Å². The topological polar surface area (TPSA) is 75.3 Å². The van der Waals surface area contributed by atoms with Gasteiger partial charge in [0.2, 0.25) is 10.0 Å². The average molecular weight is 400 g/mol. The molecule has 0 aliphatic heterocycles. The van der Waals surface area contributed by atoms with Gasteiger partial charge in [0.25, 0.3) is 5.91 Å². The number of hydrogen-bond acceptors (Lipinski definition) is 3. The average Bonchev–Trinajstić information content (AvgIpc) is 2.61. The lowest BCUT2D eigenvalue weighted by molar-refractivity contribution is -0.121. The van der Waals surface area contributed by atoms with Crippen LogP contribution in [0, 0.1) is 0 Å². The number of rotatable bonds is 7. The predicted octanol–water partition coefficient (Wildman–Crippen LogP) is 3.73. The molecule has 2 rings (SSSR count). The van der Waals surface area contributed by atoms with Crippen LogP contribution in [0.2, 0.25) is 0 Å². The van der Waals surface area contributed by atoms with Crippen molar-refractivity contribution < 1.29 is 26.4 Å². The monoisotopic (exact) mass is 400 g/mol.